The molecule has 17 heavy (non-hydrogen) atoms. The molecule has 0 aliphatic rings. The molecule has 0 atom stereocenters. The average molecular weight is 223 g/mol. The van der Waals surface area contributed by atoms with Crippen molar-refractivity contribution in [1.82, 2.24) is 9.97 Å². The highest BCUT2D eigenvalue weighted by Gasteiger charge is 1.91. The molecule has 3 nitrogen and oxygen atoms in total. The van der Waals surface area contributed by atoms with Crippen molar-refractivity contribution in [3.63, 3.8) is 0 Å². The van der Waals surface area contributed by atoms with Gasteiger partial charge in [0.15, 0.2) is 0 Å². The molecule has 3 rings (SSSR count). The van der Waals surface area contributed by atoms with Crippen LogP contribution < -0.4 is 5.73 Å². The standard InChI is InChI=1S/C9H8N2.C5H5N/c10-9-6-5-7-3-1-2-4-8(7)11-9;1-2-4-6-5-3-1/h1-6H,(H2,10,11);1-5H. The Morgan fingerprint density at radius 1 is 0.765 bits per heavy atom. The van der Waals surface area contributed by atoms with Gasteiger partial charge in [-0.15, -0.1) is 0 Å². The first-order valence-electron chi connectivity index (χ1n) is 5.32. The summed E-state index contributed by atoms with van der Waals surface area (Å²) in [4.78, 5) is 7.94. The predicted molar refractivity (Wildman–Crippen MR) is 70.4 cm³/mol. The van der Waals surface area contributed by atoms with Gasteiger partial charge in [-0.25, -0.2) is 4.98 Å². The number of hydrogen-bond acceptors (Lipinski definition) is 3. The summed E-state index contributed by atoms with van der Waals surface area (Å²) in [5.41, 5.74) is 6.46. The van der Waals surface area contributed by atoms with E-state index in [1.165, 1.54) is 0 Å². The summed E-state index contributed by atoms with van der Waals surface area (Å²) in [6, 6.07) is 17.4. The second kappa shape index (κ2) is 5.61. The maximum absolute atomic E-state index is 5.51. The lowest BCUT2D eigenvalue weighted by Crippen LogP contribution is -1.88. The lowest BCUT2D eigenvalue weighted by Gasteiger charge is -1.95. The fraction of sp³-hybridized carbons (Fsp3) is 0. The zero-order valence-corrected chi connectivity index (χ0v) is 9.32. The highest BCUT2D eigenvalue weighted by atomic mass is 14.8. The van der Waals surface area contributed by atoms with E-state index in [2.05, 4.69) is 9.97 Å². The van der Waals surface area contributed by atoms with E-state index in [0.717, 1.165) is 10.9 Å². The summed E-state index contributed by atoms with van der Waals surface area (Å²) >= 11 is 0. The molecule has 0 spiro atoms. The normalized spacial score (nSPS) is 9.41. The summed E-state index contributed by atoms with van der Waals surface area (Å²) in [5.74, 6) is 0.573. The Balaban J connectivity index is 0.000000153. The lowest BCUT2D eigenvalue weighted by molar-refractivity contribution is 1.33. The number of para-hydroxylation sites is 1. The van der Waals surface area contributed by atoms with Crippen LogP contribution in [0.4, 0.5) is 5.82 Å². The molecule has 0 amide bonds. The van der Waals surface area contributed by atoms with Crippen LogP contribution in [0.2, 0.25) is 0 Å². The Bertz CT molecular complexity index is 552. The van der Waals surface area contributed by atoms with Crippen LogP contribution in [0.15, 0.2) is 67.0 Å². The number of nitrogens with two attached hydrogens (primary N) is 1. The predicted octanol–water partition coefficient (Wildman–Crippen LogP) is 2.90. The van der Waals surface area contributed by atoms with Crippen molar-refractivity contribution < 1.29 is 0 Å². The van der Waals surface area contributed by atoms with E-state index >= 15 is 0 Å². The average Bonchev–Trinajstić information content (AvgIpc) is 2.41. The molecule has 0 aliphatic carbocycles. The molecule has 0 saturated heterocycles. The number of fused-ring (bicyclic) bond motifs is 1. The largest absolute Gasteiger partial charge is 0.384 e. The Morgan fingerprint density at radius 2 is 1.53 bits per heavy atom. The van der Waals surface area contributed by atoms with E-state index < -0.39 is 0 Å². The number of anilines is 1. The zero-order chi connectivity index (χ0) is 11.9. The van der Waals surface area contributed by atoms with Gasteiger partial charge in [0, 0.05) is 17.8 Å². The molecular formula is C14H13N3. The van der Waals surface area contributed by atoms with Crippen LogP contribution in [0.1, 0.15) is 0 Å². The summed E-state index contributed by atoms with van der Waals surface area (Å²) in [5, 5.41) is 1.13. The van der Waals surface area contributed by atoms with E-state index in [1.807, 2.05) is 54.6 Å². The first kappa shape index (κ1) is 11.1. The van der Waals surface area contributed by atoms with Crippen LogP contribution in [-0.4, -0.2) is 9.97 Å². The Kier molecular flexibility index (Phi) is 3.65. The minimum Gasteiger partial charge on any atom is -0.384 e. The second-order valence-corrected chi connectivity index (χ2v) is 3.45. The molecular weight excluding hydrogens is 210 g/mol. The van der Waals surface area contributed by atoms with Gasteiger partial charge in [-0.2, -0.15) is 0 Å². The first-order valence-corrected chi connectivity index (χ1v) is 5.32. The van der Waals surface area contributed by atoms with Crippen LogP contribution in [-0.2, 0) is 0 Å². The van der Waals surface area contributed by atoms with Gasteiger partial charge in [0.1, 0.15) is 5.82 Å². The molecule has 0 fully saturated rings. The fourth-order valence-corrected chi connectivity index (χ4v) is 1.39. The number of aromatic nitrogens is 2. The SMILES string of the molecule is Nc1ccc2ccccc2n1.c1ccncc1. The van der Waals surface area contributed by atoms with Crippen molar-refractivity contribution in [1.29, 1.82) is 0 Å². The summed E-state index contributed by atoms with van der Waals surface area (Å²) in [6.07, 6.45) is 3.50. The highest BCUT2D eigenvalue weighted by molar-refractivity contribution is 5.79. The lowest BCUT2D eigenvalue weighted by atomic mass is 10.2. The minimum atomic E-state index is 0.573. The topological polar surface area (TPSA) is 51.8 Å². The van der Waals surface area contributed by atoms with Crippen molar-refractivity contribution in [3.05, 3.63) is 67.0 Å². The van der Waals surface area contributed by atoms with E-state index in [0.29, 0.717) is 5.82 Å². The summed E-state index contributed by atoms with van der Waals surface area (Å²) in [7, 11) is 0. The summed E-state index contributed by atoms with van der Waals surface area (Å²) in [6.45, 7) is 0. The zero-order valence-electron chi connectivity index (χ0n) is 9.32. The maximum Gasteiger partial charge on any atom is 0.124 e. The van der Waals surface area contributed by atoms with Gasteiger partial charge in [0.2, 0.25) is 0 Å². The first-order chi connectivity index (χ1) is 8.36. The van der Waals surface area contributed by atoms with E-state index in [4.69, 9.17) is 5.73 Å². The van der Waals surface area contributed by atoms with Crippen LogP contribution in [0, 0.1) is 0 Å². The van der Waals surface area contributed by atoms with Crippen molar-refractivity contribution >= 4 is 16.7 Å². The number of rotatable bonds is 0. The van der Waals surface area contributed by atoms with Gasteiger partial charge in [-0.3, -0.25) is 4.98 Å². The molecule has 0 unspecified atom stereocenters. The third kappa shape index (κ3) is 3.28. The van der Waals surface area contributed by atoms with Gasteiger partial charge in [-0.05, 0) is 30.3 Å². The quantitative estimate of drug-likeness (QED) is 0.637. The molecule has 3 heteroatoms. The molecule has 0 aliphatic heterocycles. The number of benzene rings is 1. The van der Waals surface area contributed by atoms with E-state index in [9.17, 15) is 0 Å². The van der Waals surface area contributed by atoms with Gasteiger partial charge >= 0.3 is 0 Å². The van der Waals surface area contributed by atoms with E-state index in [-0.39, 0.29) is 0 Å². The van der Waals surface area contributed by atoms with Gasteiger partial charge in [-0.1, -0.05) is 24.3 Å². The molecule has 0 saturated carbocycles. The number of hydrogen-bond donors (Lipinski definition) is 1. The fourth-order valence-electron chi connectivity index (χ4n) is 1.39. The van der Waals surface area contributed by atoms with Crippen LogP contribution in [0.25, 0.3) is 10.9 Å². The third-order valence-corrected chi connectivity index (χ3v) is 2.19. The number of nitrogens with zero attached hydrogens (tertiary/aromatic N) is 2. The van der Waals surface area contributed by atoms with Crippen molar-refractivity contribution in [2.45, 2.75) is 0 Å². The number of pyridine rings is 2. The Labute approximate surface area is 100.0 Å². The Morgan fingerprint density at radius 3 is 2.18 bits per heavy atom. The molecule has 84 valence electrons. The van der Waals surface area contributed by atoms with Crippen LogP contribution in [0.5, 0.6) is 0 Å². The van der Waals surface area contributed by atoms with Gasteiger partial charge < -0.3 is 5.73 Å². The smallest absolute Gasteiger partial charge is 0.124 e. The molecule has 0 bridgehead atoms. The highest BCUT2D eigenvalue weighted by Crippen LogP contribution is 2.11. The third-order valence-electron chi connectivity index (χ3n) is 2.19. The van der Waals surface area contributed by atoms with Crippen molar-refractivity contribution in [3.8, 4) is 0 Å². The van der Waals surface area contributed by atoms with Crippen molar-refractivity contribution in [2.75, 3.05) is 5.73 Å². The van der Waals surface area contributed by atoms with Crippen LogP contribution in [0.3, 0.4) is 0 Å². The Hall–Kier alpha value is -2.42. The second-order valence-electron chi connectivity index (χ2n) is 3.45. The van der Waals surface area contributed by atoms with Gasteiger partial charge in [0.05, 0.1) is 5.52 Å². The molecule has 2 N–H and O–H groups in total. The maximum atomic E-state index is 5.51. The molecule has 3 aromatic rings. The molecule has 2 aromatic heterocycles. The monoisotopic (exact) mass is 223 g/mol. The van der Waals surface area contributed by atoms with Crippen molar-refractivity contribution in [2.24, 2.45) is 0 Å². The molecule has 0 radical (unpaired) electrons. The van der Waals surface area contributed by atoms with E-state index in [1.54, 1.807) is 12.4 Å². The molecule has 1 aromatic carbocycles. The minimum absolute atomic E-state index is 0.573. The molecule has 2 heterocycles. The van der Waals surface area contributed by atoms with Crippen LogP contribution >= 0.6 is 0 Å². The number of nitrogen functional groups attached to an aromatic ring is 1. The van der Waals surface area contributed by atoms with Gasteiger partial charge in [0.25, 0.3) is 0 Å². The summed E-state index contributed by atoms with van der Waals surface area (Å²) < 4.78 is 0.